The highest BCUT2D eigenvalue weighted by molar-refractivity contribution is 8.00. The van der Waals surface area contributed by atoms with Crippen molar-refractivity contribution in [3.05, 3.63) is 119 Å². The zero-order chi connectivity index (χ0) is 25.1. The summed E-state index contributed by atoms with van der Waals surface area (Å²) in [5.74, 6) is -1.69. The lowest BCUT2D eigenvalue weighted by atomic mass is 9.89. The average Bonchev–Trinajstić information content (AvgIpc) is 2.91. The van der Waals surface area contributed by atoms with Crippen LogP contribution in [-0.2, 0) is 25.5 Å². The van der Waals surface area contributed by atoms with E-state index < -0.39 is 18.0 Å². The van der Waals surface area contributed by atoms with Crippen LogP contribution >= 0.6 is 11.8 Å². The van der Waals surface area contributed by atoms with Crippen LogP contribution in [0.1, 0.15) is 29.2 Å². The number of hydrogen-bond donors (Lipinski definition) is 1. The van der Waals surface area contributed by atoms with Crippen LogP contribution in [0.25, 0.3) is 0 Å². The number of thioether (sulfide) groups is 1. The number of amides is 1. The third-order valence-corrected chi connectivity index (χ3v) is 7.69. The number of nitrogens with zero attached hydrogens (tertiary/aromatic N) is 1. The number of benzene rings is 3. The van der Waals surface area contributed by atoms with Crippen molar-refractivity contribution in [2.24, 2.45) is 5.92 Å². The van der Waals surface area contributed by atoms with Crippen LogP contribution in [0, 0.1) is 5.92 Å². The van der Waals surface area contributed by atoms with Crippen molar-refractivity contribution in [3.8, 4) is 0 Å². The Morgan fingerprint density at radius 3 is 2.06 bits per heavy atom. The van der Waals surface area contributed by atoms with E-state index in [4.69, 9.17) is 4.74 Å². The van der Waals surface area contributed by atoms with Crippen molar-refractivity contribution in [1.82, 2.24) is 4.90 Å². The zero-order valence-corrected chi connectivity index (χ0v) is 20.3. The van der Waals surface area contributed by atoms with Gasteiger partial charge in [-0.25, -0.2) is 4.79 Å². The Kier molecular flexibility index (Phi) is 6.91. The van der Waals surface area contributed by atoms with Gasteiger partial charge in [0.25, 0.3) is 0 Å². The molecule has 1 fully saturated rings. The minimum absolute atomic E-state index is 0.0316. The van der Waals surface area contributed by atoms with E-state index in [1.807, 2.05) is 91.0 Å². The van der Waals surface area contributed by atoms with E-state index in [0.717, 1.165) is 16.7 Å². The van der Waals surface area contributed by atoms with Gasteiger partial charge in [-0.15, -0.1) is 11.8 Å². The van der Waals surface area contributed by atoms with Crippen LogP contribution in [0.15, 0.2) is 102 Å². The lowest BCUT2D eigenvalue weighted by Crippen LogP contribution is -2.62. The first kappa shape index (κ1) is 23.9. The van der Waals surface area contributed by atoms with Gasteiger partial charge in [0.15, 0.2) is 11.8 Å². The molecule has 0 aliphatic carbocycles. The molecule has 36 heavy (non-hydrogen) atoms. The number of carbonyl (C=O) groups is 3. The predicted octanol–water partition coefficient (Wildman–Crippen LogP) is 4.82. The molecule has 1 saturated heterocycles. The number of ether oxygens (including phenoxy) is 1. The third-order valence-electron chi connectivity index (χ3n) is 6.37. The van der Waals surface area contributed by atoms with E-state index in [1.54, 1.807) is 0 Å². The maximum absolute atomic E-state index is 13.4. The van der Waals surface area contributed by atoms with E-state index in [9.17, 15) is 19.5 Å². The Bertz CT molecular complexity index is 1250. The minimum atomic E-state index is -0.766. The van der Waals surface area contributed by atoms with Gasteiger partial charge in [0.05, 0.1) is 17.0 Å². The fourth-order valence-corrected chi connectivity index (χ4v) is 5.88. The molecule has 0 aromatic heterocycles. The van der Waals surface area contributed by atoms with E-state index in [2.05, 4.69) is 0 Å². The van der Waals surface area contributed by atoms with Gasteiger partial charge in [0.2, 0.25) is 5.91 Å². The number of fused-ring (bicyclic) bond motifs is 1. The molecule has 2 aliphatic rings. The number of ketones is 1. The van der Waals surface area contributed by atoms with E-state index in [0.29, 0.717) is 0 Å². The normalized spacial score (nSPS) is 19.0. The molecule has 1 amide bonds. The summed E-state index contributed by atoms with van der Waals surface area (Å²) in [5, 5.41) is 10.2. The van der Waals surface area contributed by atoms with Crippen molar-refractivity contribution < 1.29 is 24.2 Å². The smallest absolute Gasteiger partial charge is 0.359 e. The number of Topliss-reactive ketones (excluding diaryl/α,β-unsaturated/α-hetero) is 1. The maximum atomic E-state index is 13.4. The molecule has 3 aromatic carbocycles. The maximum Gasteiger partial charge on any atom is 0.359 e. The summed E-state index contributed by atoms with van der Waals surface area (Å²) in [6.07, 6.45) is -0.344. The molecule has 1 N–H and O–H groups in total. The van der Waals surface area contributed by atoms with Crippen LogP contribution in [0.3, 0.4) is 0 Å². The number of rotatable bonds is 8. The van der Waals surface area contributed by atoms with Gasteiger partial charge in [-0.1, -0.05) is 91.0 Å². The van der Waals surface area contributed by atoms with E-state index >= 15 is 0 Å². The zero-order valence-electron chi connectivity index (χ0n) is 19.4. The Morgan fingerprint density at radius 1 is 0.917 bits per heavy atom. The van der Waals surface area contributed by atoms with Gasteiger partial charge in [-0.05, 0) is 16.7 Å². The topological polar surface area (TPSA) is 83.9 Å². The number of aliphatic hydroxyl groups excluding tert-OH is 1. The molecule has 0 unspecified atom stereocenters. The van der Waals surface area contributed by atoms with Gasteiger partial charge in [0, 0.05) is 12.8 Å². The highest BCUT2D eigenvalue weighted by Gasteiger charge is 2.54. The SMILES string of the molecule is O=C(Cc1ccccc1)C[C@@H]1C(=O)N2C(C(=O)OC(c3ccccc3)c3ccccc3)=C(O)CS[C@H]12. The highest BCUT2D eigenvalue weighted by atomic mass is 32.2. The van der Waals surface area contributed by atoms with Crippen LogP contribution in [0.2, 0.25) is 0 Å². The van der Waals surface area contributed by atoms with Crippen molar-refractivity contribution >= 4 is 29.4 Å². The summed E-state index contributed by atoms with van der Waals surface area (Å²) < 4.78 is 5.90. The molecule has 0 spiro atoms. The Hall–Kier alpha value is -3.84. The first-order valence-electron chi connectivity index (χ1n) is 11.8. The molecule has 3 aromatic rings. The molecule has 0 saturated carbocycles. The summed E-state index contributed by atoms with van der Waals surface area (Å²) in [6.45, 7) is 0. The average molecular weight is 500 g/mol. The fraction of sp³-hybridized carbons (Fsp3) is 0.207. The Balaban J connectivity index is 1.32. The summed E-state index contributed by atoms with van der Waals surface area (Å²) >= 11 is 1.35. The third kappa shape index (κ3) is 4.79. The number of β-lactam (4-membered cyclic amide) rings is 1. The lowest BCUT2D eigenvalue weighted by molar-refractivity contribution is -0.157. The quantitative estimate of drug-likeness (QED) is 0.353. The van der Waals surface area contributed by atoms with Crippen LogP contribution < -0.4 is 0 Å². The molecular formula is C29H25NO5S. The van der Waals surface area contributed by atoms with Crippen molar-refractivity contribution in [3.63, 3.8) is 0 Å². The molecule has 7 heteroatoms. The van der Waals surface area contributed by atoms with Gasteiger partial charge >= 0.3 is 5.97 Å². The summed E-state index contributed by atoms with van der Waals surface area (Å²) in [7, 11) is 0. The molecular weight excluding hydrogens is 474 g/mol. The van der Waals surface area contributed by atoms with Crippen molar-refractivity contribution in [2.75, 3.05) is 5.75 Å². The first-order valence-corrected chi connectivity index (χ1v) is 12.8. The summed E-state index contributed by atoms with van der Waals surface area (Å²) in [6, 6.07) is 28.0. The molecule has 182 valence electrons. The Labute approximate surface area is 213 Å². The van der Waals surface area contributed by atoms with E-state index in [-0.39, 0.29) is 47.1 Å². The molecule has 0 bridgehead atoms. The van der Waals surface area contributed by atoms with Crippen LogP contribution in [0.4, 0.5) is 0 Å². The van der Waals surface area contributed by atoms with Crippen LogP contribution in [0.5, 0.6) is 0 Å². The van der Waals surface area contributed by atoms with Gasteiger partial charge < -0.3 is 9.84 Å². The number of hydrogen-bond acceptors (Lipinski definition) is 6. The Morgan fingerprint density at radius 2 is 1.47 bits per heavy atom. The second-order valence-electron chi connectivity index (χ2n) is 8.82. The monoisotopic (exact) mass is 499 g/mol. The number of carbonyl (C=O) groups excluding carboxylic acids is 3. The minimum Gasteiger partial charge on any atom is -0.509 e. The fourth-order valence-electron chi connectivity index (χ4n) is 4.62. The number of esters is 1. The van der Waals surface area contributed by atoms with Gasteiger partial charge in [-0.3, -0.25) is 14.5 Å². The highest BCUT2D eigenvalue weighted by Crippen LogP contribution is 2.45. The standard InChI is InChI=1S/C29H25NO5S/c31-22(16-19-10-4-1-5-11-19)17-23-27(33)30-25(24(32)18-36-28(23)30)29(34)35-26(20-12-6-2-7-13-20)21-14-8-3-9-15-21/h1-15,23,26,28,32H,16-18H2/t23-,28-/m1/s1. The predicted molar refractivity (Wildman–Crippen MR) is 137 cm³/mol. The molecule has 5 rings (SSSR count). The molecule has 6 nitrogen and oxygen atoms in total. The molecule has 2 atom stereocenters. The van der Waals surface area contributed by atoms with Gasteiger partial charge in [-0.2, -0.15) is 0 Å². The molecule has 2 heterocycles. The van der Waals surface area contributed by atoms with Crippen molar-refractivity contribution in [1.29, 1.82) is 0 Å². The lowest BCUT2D eigenvalue weighted by Gasteiger charge is -2.49. The first-order chi connectivity index (χ1) is 17.5. The molecule has 2 aliphatic heterocycles. The van der Waals surface area contributed by atoms with Crippen LogP contribution in [-0.4, -0.2) is 38.8 Å². The second kappa shape index (κ2) is 10.4. The van der Waals surface area contributed by atoms with Crippen molar-refractivity contribution in [2.45, 2.75) is 24.3 Å². The molecule has 0 radical (unpaired) electrons. The van der Waals surface area contributed by atoms with Gasteiger partial charge in [0.1, 0.15) is 11.5 Å². The second-order valence-corrected chi connectivity index (χ2v) is 9.93. The summed E-state index contributed by atoms with van der Waals surface area (Å²) in [4.78, 5) is 40.4. The number of aliphatic hydroxyl groups is 1. The summed E-state index contributed by atoms with van der Waals surface area (Å²) in [5.41, 5.74) is 2.32. The largest absolute Gasteiger partial charge is 0.509 e. The van der Waals surface area contributed by atoms with E-state index in [1.165, 1.54) is 16.7 Å².